The number of nitrogens with two attached hydrogens (primary N) is 1. The highest BCUT2D eigenvalue weighted by Crippen LogP contribution is 2.18. The maximum atomic E-state index is 14.7. The van der Waals surface area contributed by atoms with Gasteiger partial charge in [-0.15, -0.1) is 0 Å². The lowest BCUT2D eigenvalue weighted by atomic mass is 9.99. The summed E-state index contributed by atoms with van der Waals surface area (Å²) in [6.07, 6.45) is -0.952. The van der Waals surface area contributed by atoms with E-state index >= 15 is 0 Å². The summed E-state index contributed by atoms with van der Waals surface area (Å²) >= 11 is 0. The fourth-order valence-electron chi connectivity index (χ4n) is 7.72. The van der Waals surface area contributed by atoms with Crippen LogP contribution in [0.5, 0.6) is 34.5 Å². The van der Waals surface area contributed by atoms with Gasteiger partial charge < -0.3 is 68.1 Å². The summed E-state index contributed by atoms with van der Waals surface area (Å²) in [5.41, 5.74) is 9.26. The summed E-state index contributed by atoms with van der Waals surface area (Å²) in [6.45, 7) is 0. The maximum Gasteiger partial charge on any atom is 0.326 e. The van der Waals surface area contributed by atoms with E-state index in [1.165, 1.54) is 133 Å². The largest absolute Gasteiger partial charge is 0.508 e. The number of phenolic OH excluding ortho intramolecular Hbond substituents is 6. The lowest BCUT2D eigenvalue weighted by Gasteiger charge is -2.27. The van der Waals surface area contributed by atoms with Crippen molar-refractivity contribution in [2.45, 2.75) is 74.8 Å². The first-order valence-corrected chi connectivity index (χ1v) is 23.0. The van der Waals surface area contributed by atoms with Crippen molar-refractivity contribution in [1.29, 1.82) is 0 Å². The summed E-state index contributed by atoms with van der Waals surface area (Å²) in [6, 6.07) is 26.3. The van der Waals surface area contributed by atoms with Crippen LogP contribution < -0.4 is 32.3 Å². The van der Waals surface area contributed by atoms with Crippen molar-refractivity contribution in [1.82, 2.24) is 26.6 Å². The third kappa shape index (κ3) is 16.5. The van der Waals surface area contributed by atoms with Crippen LogP contribution >= 0.6 is 0 Å². The summed E-state index contributed by atoms with van der Waals surface area (Å²) in [4.78, 5) is 84.0. The highest BCUT2D eigenvalue weighted by atomic mass is 16.4. The number of amides is 5. The molecule has 0 fully saturated rings. The minimum absolute atomic E-state index is 0.0118. The number of carboxylic acids is 1. The van der Waals surface area contributed by atoms with E-state index in [9.17, 15) is 64.5 Å². The number of carbonyl (C=O) groups excluding carboxylic acids is 5. The van der Waals surface area contributed by atoms with Crippen molar-refractivity contribution < 1.29 is 64.5 Å². The first-order chi connectivity index (χ1) is 34.9. The number of hydrogen-bond acceptors (Lipinski definition) is 13. The van der Waals surface area contributed by atoms with Crippen LogP contribution in [-0.4, -0.2) is 108 Å². The second kappa shape index (κ2) is 25.1. The van der Waals surface area contributed by atoms with E-state index in [0.29, 0.717) is 33.4 Å². The van der Waals surface area contributed by atoms with Gasteiger partial charge in [-0.1, -0.05) is 72.8 Å². The van der Waals surface area contributed by atoms with Crippen LogP contribution in [0.3, 0.4) is 0 Å². The molecular formula is C54H56N6O13. The molecular weight excluding hydrogens is 941 g/mol. The molecule has 0 heterocycles. The van der Waals surface area contributed by atoms with Gasteiger partial charge in [0.05, 0.1) is 6.04 Å². The number of aromatic hydroxyl groups is 6. The van der Waals surface area contributed by atoms with Gasteiger partial charge in [0.25, 0.3) is 0 Å². The van der Waals surface area contributed by atoms with Crippen LogP contribution in [0.4, 0.5) is 0 Å². The summed E-state index contributed by atoms with van der Waals surface area (Å²) in [7, 11) is 0. The topological polar surface area (TPSA) is 330 Å². The molecule has 14 N–H and O–H groups in total. The van der Waals surface area contributed by atoms with Gasteiger partial charge in [-0.2, -0.15) is 0 Å². The lowest BCUT2D eigenvalue weighted by molar-refractivity contribution is -0.142. The fourth-order valence-corrected chi connectivity index (χ4v) is 7.72. The molecule has 0 saturated heterocycles. The number of carbonyl (C=O) groups is 6. The van der Waals surface area contributed by atoms with Crippen LogP contribution in [-0.2, 0) is 67.3 Å². The minimum Gasteiger partial charge on any atom is -0.508 e. The number of aliphatic carboxylic acids is 1. The smallest absolute Gasteiger partial charge is 0.326 e. The molecule has 0 spiro atoms. The van der Waals surface area contributed by atoms with E-state index in [1.54, 1.807) is 12.1 Å². The van der Waals surface area contributed by atoms with Gasteiger partial charge >= 0.3 is 5.97 Å². The Balaban J connectivity index is 1.29. The number of benzene rings is 6. The normalized spacial score (nSPS) is 13.4. The molecule has 0 aliphatic heterocycles. The van der Waals surface area contributed by atoms with Crippen LogP contribution in [0.25, 0.3) is 0 Å². The molecule has 73 heavy (non-hydrogen) atoms. The van der Waals surface area contributed by atoms with E-state index in [-0.39, 0.29) is 73.0 Å². The van der Waals surface area contributed by atoms with Crippen molar-refractivity contribution in [3.63, 3.8) is 0 Å². The molecule has 380 valence electrons. The summed E-state index contributed by atoms with van der Waals surface area (Å²) in [5, 5.41) is 82.9. The Hall–Kier alpha value is -9.10. The second-order valence-electron chi connectivity index (χ2n) is 17.5. The van der Waals surface area contributed by atoms with E-state index in [2.05, 4.69) is 26.6 Å². The SMILES string of the molecule is N[C@H](Cc1ccc(O)cc1)C(=O)N[C@H](Cc1ccc(O)cc1)C(=O)N[C@H](Cc1ccc(O)cc1)C(=O)N[C@H](Cc1ccc(O)cc1)C(=O)N[C@H](Cc1ccc(O)cc1)C(=O)N[C@@H](Cc1ccc(O)cc1)C(=O)O. The Labute approximate surface area is 419 Å². The first-order valence-electron chi connectivity index (χ1n) is 23.0. The highest BCUT2D eigenvalue weighted by molar-refractivity contribution is 5.97. The molecule has 0 saturated carbocycles. The molecule has 19 heteroatoms. The summed E-state index contributed by atoms with van der Waals surface area (Å²) in [5.74, 6) is -6.04. The Morgan fingerprint density at radius 1 is 0.301 bits per heavy atom. The number of phenols is 6. The Kier molecular flexibility index (Phi) is 18.3. The third-order valence-electron chi connectivity index (χ3n) is 11.8. The zero-order chi connectivity index (χ0) is 52.6. The zero-order valence-corrected chi connectivity index (χ0v) is 39.2. The highest BCUT2D eigenvalue weighted by Gasteiger charge is 2.34. The zero-order valence-electron chi connectivity index (χ0n) is 39.2. The van der Waals surface area contributed by atoms with Gasteiger partial charge in [-0.05, 0) is 113 Å². The molecule has 0 unspecified atom stereocenters. The van der Waals surface area contributed by atoms with Gasteiger partial charge in [-0.25, -0.2) is 4.79 Å². The van der Waals surface area contributed by atoms with E-state index in [0.717, 1.165) is 0 Å². The van der Waals surface area contributed by atoms with E-state index in [4.69, 9.17) is 5.73 Å². The standard InChI is InChI=1S/C54H56N6O13/c55-43(25-31-1-13-37(61)14-2-31)49(67)56-44(26-32-3-15-38(62)16-4-32)50(68)57-45(27-33-5-17-39(63)18-6-33)51(69)58-46(28-34-7-19-40(64)20-8-34)52(70)59-47(29-35-9-21-41(65)22-10-35)53(71)60-48(54(72)73)30-36-11-23-42(66)24-12-36/h1-24,43-48,61-66H,25-30,55H2,(H,56,67)(H,57,68)(H,58,69)(H,59,70)(H,60,71)(H,72,73)/t43-,44-,45-,46-,47-,48+/m1/s1. The Bertz CT molecular complexity index is 2830. The lowest BCUT2D eigenvalue weighted by Crippen LogP contribution is -2.60. The fraction of sp³-hybridized carbons (Fsp3) is 0.222. The van der Waals surface area contributed by atoms with Crippen LogP contribution in [0.2, 0.25) is 0 Å². The van der Waals surface area contributed by atoms with Gasteiger partial charge in [0.2, 0.25) is 29.5 Å². The molecule has 0 radical (unpaired) electrons. The van der Waals surface area contributed by atoms with Crippen LogP contribution in [0.15, 0.2) is 146 Å². The third-order valence-corrected chi connectivity index (χ3v) is 11.8. The Morgan fingerprint density at radius 3 is 0.699 bits per heavy atom. The van der Waals surface area contributed by atoms with Gasteiger partial charge in [0, 0.05) is 32.1 Å². The first kappa shape index (κ1) is 53.3. The molecule has 6 aromatic carbocycles. The van der Waals surface area contributed by atoms with Crippen LogP contribution in [0.1, 0.15) is 33.4 Å². The number of nitrogens with one attached hydrogen (secondary N) is 5. The Morgan fingerprint density at radius 2 is 0.479 bits per heavy atom. The molecule has 19 nitrogen and oxygen atoms in total. The van der Waals surface area contributed by atoms with Gasteiger partial charge in [0.15, 0.2) is 0 Å². The maximum absolute atomic E-state index is 14.7. The van der Waals surface area contributed by atoms with Crippen molar-refractivity contribution in [2.75, 3.05) is 0 Å². The predicted octanol–water partition coefficient (Wildman–Crippen LogP) is 2.51. The molecule has 0 aliphatic carbocycles. The number of carboxylic acid groups (broad SMARTS) is 1. The van der Waals surface area contributed by atoms with Gasteiger partial charge in [0.1, 0.15) is 64.7 Å². The van der Waals surface area contributed by atoms with Gasteiger partial charge in [-0.3, -0.25) is 24.0 Å². The quantitative estimate of drug-likeness (QED) is 0.0439. The molecule has 6 atom stereocenters. The average molecular weight is 997 g/mol. The monoisotopic (exact) mass is 996 g/mol. The molecule has 0 aromatic heterocycles. The second-order valence-corrected chi connectivity index (χ2v) is 17.5. The minimum atomic E-state index is -1.51. The van der Waals surface area contributed by atoms with Crippen molar-refractivity contribution in [3.05, 3.63) is 179 Å². The number of rotatable bonds is 23. The molecule has 0 bridgehead atoms. The molecule has 6 rings (SSSR count). The summed E-state index contributed by atoms with van der Waals surface area (Å²) < 4.78 is 0. The van der Waals surface area contributed by atoms with Crippen molar-refractivity contribution >= 4 is 35.5 Å². The molecule has 5 amide bonds. The number of hydrogen-bond donors (Lipinski definition) is 13. The van der Waals surface area contributed by atoms with E-state index in [1.807, 2.05) is 0 Å². The van der Waals surface area contributed by atoms with Crippen LogP contribution in [0, 0.1) is 0 Å². The van der Waals surface area contributed by atoms with Crippen molar-refractivity contribution in [2.24, 2.45) is 5.73 Å². The predicted molar refractivity (Wildman–Crippen MR) is 266 cm³/mol. The molecule has 6 aromatic rings. The molecule has 0 aliphatic rings. The van der Waals surface area contributed by atoms with E-state index < -0.39 is 71.8 Å². The average Bonchev–Trinajstić information content (AvgIpc) is 3.36. The van der Waals surface area contributed by atoms with Crippen molar-refractivity contribution in [3.8, 4) is 34.5 Å².